The molecule has 0 unspecified atom stereocenters. The number of aromatic nitrogens is 3. The quantitative estimate of drug-likeness (QED) is 0.755. The molecule has 0 atom stereocenters. The molecular weight excluding hydrogens is 190 g/mol. The van der Waals surface area contributed by atoms with E-state index in [-0.39, 0.29) is 5.69 Å². The van der Waals surface area contributed by atoms with Crippen LogP contribution in [0.25, 0.3) is 10.6 Å². The van der Waals surface area contributed by atoms with Gasteiger partial charge in [-0.15, -0.1) is 11.3 Å². The highest BCUT2D eigenvalue weighted by Crippen LogP contribution is 2.21. The molecule has 2 N–H and O–H groups in total. The SMILES string of the molecule is O=C(O)c1csc(-c2cn[nH]c2)n1. The Hall–Kier alpha value is -1.69. The number of thiazole rings is 1. The Kier molecular flexibility index (Phi) is 1.82. The predicted molar refractivity (Wildman–Crippen MR) is 46.7 cm³/mol. The summed E-state index contributed by atoms with van der Waals surface area (Å²) in [6.07, 6.45) is 3.27. The lowest BCUT2D eigenvalue weighted by Gasteiger charge is -1.85. The molecule has 6 heteroatoms. The molecule has 0 aliphatic rings. The molecule has 2 heterocycles. The molecule has 0 saturated carbocycles. The van der Waals surface area contributed by atoms with E-state index < -0.39 is 5.97 Å². The van der Waals surface area contributed by atoms with Crippen molar-refractivity contribution in [2.24, 2.45) is 0 Å². The Morgan fingerprint density at radius 1 is 1.62 bits per heavy atom. The number of carboxylic acid groups (broad SMARTS) is 1. The summed E-state index contributed by atoms with van der Waals surface area (Å²) in [4.78, 5) is 14.4. The van der Waals surface area contributed by atoms with Gasteiger partial charge in [-0.2, -0.15) is 5.10 Å². The molecule has 13 heavy (non-hydrogen) atoms. The maximum atomic E-state index is 10.5. The van der Waals surface area contributed by atoms with Crippen LogP contribution in [0, 0.1) is 0 Å². The smallest absolute Gasteiger partial charge is 0.355 e. The third-order valence-corrected chi connectivity index (χ3v) is 2.36. The number of carboxylic acids is 1. The fraction of sp³-hybridized carbons (Fsp3) is 0. The average Bonchev–Trinajstić information content (AvgIpc) is 2.75. The van der Waals surface area contributed by atoms with Gasteiger partial charge >= 0.3 is 5.97 Å². The molecule has 5 nitrogen and oxygen atoms in total. The van der Waals surface area contributed by atoms with Crippen molar-refractivity contribution in [2.75, 3.05) is 0 Å². The summed E-state index contributed by atoms with van der Waals surface area (Å²) in [6.45, 7) is 0. The molecular formula is C7H5N3O2S. The number of rotatable bonds is 2. The van der Waals surface area contributed by atoms with Crippen molar-refractivity contribution in [1.29, 1.82) is 0 Å². The summed E-state index contributed by atoms with van der Waals surface area (Å²) >= 11 is 1.28. The average molecular weight is 195 g/mol. The molecule has 2 aromatic heterocycles. The first-order valence-corrected chi connectivity index (χ1v) is 4.33. The van der Waals surface area contributed by atoms with E-state index in [4.69, 9.17) is 5.11 Å². The van der Waals surface area contributed by atoms with E-state index in [9.17, 15) is 4.79 Å². The summed E-state index contributed by atoms with van der Waals surface area (Å²) in [6, 6.07) is 0. The maximum Gasteiger partial charge on any atom is 0.355 e. The normalized spacial score (nSPS) is 10.2. The second-order valence-electron chi connectivity index (χ2n) is 2.33. The number of aromatic carboxylic acids is 1. The highest BCUT2D eigenvalue weighted by atomic mass is 32.1. The molecule has 0 aromatic carbocycles. The molecule has 0 saturated heterocycles. The Bertz CT molecular complexity index is 421. The van der Waals surface area contributed by atoms with E-state index in [2.05, 4.69) is 15.2 Å². The molecule has 0 aliphatic carbocycles. The number of nitrogens with one attached hydrogen (secondary N) is 1. The number of aromatic amines is 1. The van der Waals surface area contributed by atoms with Crippen LogP contribution in [0.2, 0.25) is 0 Å². The third kappa shape index (κ3) is 1.43. The zero-order valence-corrected chi connectivity index (χ0v) is 7.21. The largest absolute Gasteiger partial charge is 0.476 e. The van der Waals surface area contributed by atoms with Gasteiger partial charge in [-0.3, -0.25) is 5.10 Å². The number of hydrogen-bond acceptors (Lipinski definition) is 4. The van der Waals surface area contributed by atoms with Crippen LogP contribution in [-0.2, 0) is 0 Å². The van der Waals surface area contributed by atoms with Crippen LogP contribution >= 0.6 is 11.3 Å². The van der Waals surface area contributed by atoms with Crippen LogP contribution in [0.15, 0.2) is 17.8 Å². The van der Waals surface area contributed by atoms with Gasteiger partial charge in [0.05, 0.1) is 6.20 Å². The van der Waals surface area contributed by atoms with Crippen molar-refractivity contribution in [1.82, 2.24) is 15.2 Å². The molecule has 0 radical (unpaired) electrons. The lowest BCUT2D eigenvalue weighted by molar-refractivity contribution is 0.0691. The van der Waals surface area contributed by atoms with Gasteiger partial charge in [-0.25, -0.2) is 9.78 Å². The Morgan fingerprint density at radius 2 is 2.46 bits per heavy atom. The Labute approximate surface area is 77.1 Å². The molecule has 2 rings (SSSR count). The van der Waals surface area contributed by atoms with Crippen molar-refractivity contribution in [3.63, 3.8) is 0 Å². The van der Waals surface area contributed by atoms with Gasteiger partial charge in [0.15, 0.2) is 5.69 Å². The van der Waals surface area contributed by atoms with Gasteiger partial charge in [-0.1, -0.05) is 0 Å². The second-order valence-corrected chi connectivity index (χ2v) is 3.19. The van der Waals surface area contributed by atoms with Crippen molar-refractivity contribution in [3.05, 3.63) is 23.5 Å². The third-order valence-electron chi connectivity index (χ3n) is 1.47. The minimum absolute atomic E-state index is 0.0706. The monoisotopic (exact) mass is 195 g/mol. The molecule has 0 spiro atoms. The molecule has 0 aliphatic heterocycles. The summed E-state index contributed by atoms with van der Waals surface area (Å²) in [7, 11) is 0. The van der Waals surface area contributed by atoms with Crippen LogP contribution in [-0.4, -0.2) is 26.3 Å². The van der Waals surface area contributed by atoms with E-state index in [0.717, 1.165) is 5.56 Å². The molecule has 0 bridgehead atoms. The van der Waals surface area contributed by atoms with Gasteiger partial charge in [-0.05, 0) is 0 Å². The Balaban J connectivity index is 2.39. The first kappa shape index (κ1) is 7.93. The van der Waals surface area contributed by atoms with Crippen LogP contribution in [0.5, 0.6) is 0 Å². The van der Waals surface area contributed by atoms with Crippen molar-refractivity contribution < 1.29 is 9.90 Å². The fourth-order valence-electron chi connectivity index (χ4n) is 0.872. The molecule has 0 amide bonds. The lowest BCUT2D eigenvalue weighted by Crippen LogP contribution is -1.95. The van der Waals surface area contributed by atoms with E-state index in [1.165, 1.54) is 16.7 Å². The lowest BCUT2D eigenvalue weighted by atomic mass is 10.4. The molecule has 66 valence electrons. The number of hydrogen-bond donors (Lipinski definition) is 2. The zero-order chi connectivity index (χ0) is 9.26. The summed E-state index contributed by atoms with van der Waals surface area (Å²) in [5, 5.41) is 17.2. The predicted octanol–water partition coefficient (Wildman–Crippen LogP) is 1.23. The first-order valence-electron chi connectivity index (χ1n) is 3.45. The number of carbonyl (C=O) groups is 1. The second kappa shape index (κ2) is 2.98. The summed E-state index contributed by atoms with van der Waals surface area (Å²) in [5.74, 6) is -1.01. The van der Waals surface area contributed by atoms with Crippen molar-refractivity contribution >= 4 is 17.3 Å². The van der Waals surface area contributed by atoms with E-state index in [1.807, 2.05) is 0 Å². The van der Waals surface area contributed by atoms with E-state index >= 15 is 0 Å². The van der Waals surface area contributed by atoms with Gasteiger partial charge in [0.1, 0.15) is 5.01 Å². The standard InChI is InChI=1S/C7H5N3O2S/c11-7(12)5-3-13-6(10-5)4-1-8-9-2-4/h1-3H,(H,8,9)(H,11,12). The maximum absolute atomic E-state index is 10.5. The van der Waals surface area contributed by atoms with Crippen molar-refractivity contribution in [3.8, 4) is 10.6 Å². The summed E-state index contributed by atoms with van der Waals surface area (Å²) < 4.78 is 0. The number of H-pyrrole nitrogens is 1. The molecule has 0 fully saturated rings. The highest BCUT2D eigenvalue weighted by molar-refractivity contribution is 7.13. The van der Waals surface area contributed by atoms with Crippen LogP contribution in [0.1, 0.15) is 10.5 Å². The minimum Gasteiger partial charge on any atom is -0.476 e. The van der Waals surface area contributed by atoms with Gasteiger partial charge in [0, 0.05) is 17.1 Å². The topological polar surface area (TPSA) is 78.9 Å². The first-order chi connectivity index (χ1) is 6.27. The van der Waals surface area contributed by atoms with E-state index in [1.54, 1.807) is 12.4 Å². The van der Waals surface area contributed by atoms with Crippen LogP contribution in [0.3, 0.4) is 0 Å². The minimum atomic E-state index is -1.01. The van der Waals surface area contributed by atoms with Gasteiger partial charge in [0.25, 0.3) is 0 Å². The van der Waals surface area contributed by atoms with Crippen molar-refractivity contribution in [2.45, 2.75) is 0 Å². The van der Waals surface area contributed by atoms with E-state index in [0.29, 0.717) is 5.01 Å². The highest BCUT2D eigenvalue weighted by Gasteiger charge is 2.09. The zero-order valence-electron chi connectivity index (χ0n) is 6.39. The van der Waals surface area contributed by atoms with Crippen LogP contribution < -0.4 is 0 Å². The molecule has 2 aromatic rings. The Morgan fingerprint density at radius 3 is 3.00 bits per heavy atom. The number of nitrogens with zero attached hydrogens (tertiary/aromatic N) is 2. The van der Waals surface area contributed by atoms with Gasteiger partial charge in [0.2, 0.25) is 0 Å². The van der Waals surface area contributed by atoms with Crippen LogP contribution in [0.4, 0.5) is 0 Å². The van der Waals surface area contributed by atoms with Gasteiger partial charge < -0.3 is 5.11 Å². The fourth-order valence-corrected chi connectivity index (χ4v) is 1.65. The summed E-state index contributed by atoms with van der Waals surface area (Å²) in [5.41, 5.74) is 0.874.